The Labute approximate surface area is 134 Å². The molecule has 1 aliphatic rings. The molecule has 0 aromatic heterocycles. The Morgan fingerprint density at radius 3 is 2.14 bits per heavy atom. The molecule has 0 saturated carbocycles. The van der Waals surface area contributed by atoms with Crippen molar-refractivity contribution in [2.24, 2.45) is 11.3 Å². The molecule has 0 aliphatic carbocycles. The second-order valence-electron chi connectivity index (χ2n) is 7.56. The predicted octanol–water partition coefficient (Wildman–Crippen LogP) is 4.69. The molecule has 0 spiro atoms. The molecule has 0 bridgehead atoms. The van der Waals surface area contributed by atoms with Crippen LogP contribution in [0.15, 0.2) is 0 Å². The van der Waals surface area contributed by atoms with E-state index in [2.05, 4.69) is 37.9 Å². The number of rotatable bonds is 11. The molecule has 2 heteroatoms. The van der Waals surface area contributed by atoms with Crippen molar-refractivity contribution >= 4 is 0 Å². The summed E-state index contributed by atoms with van der Waals surface area (Å²) in [5.74, 6) is 0.780. The van der Waals surface area contributed by atoms with Crippen LogP contribution in [0.5, 0.6) is 0 Å². The Morgan fingerprint density at radius 1 is 0.952 bits per heavy atom. The third-order valence-electron chi connectivity index (χ3n) is 5.55. The fraction of sp³-hybridized carbons (Fsp3) is 1.00. The van der Waals surface area contributed by atoms with Crippen LogP contribution < -0.4 is 5.32 Å². The number of nitrogens with one attached hydrogen (secondary N) is 1. The largest absolute Gasteiger partial charge is 0.316 e. The minimum atomic E-state index is 0.679. The average molecular weight is 297 g/mol. The monoisotopic (exact) mass is 296 g/mol. The van der Waals surface area contributed by atoms with Crippen molar-refractivity contribution in [3.05, 3.63) is 0 Å². The molecule has 0 atom stereocenters. The van der Waals surface area contributed by atoms with Crippen LogP contribution >= 0.6 is 0 Å². The first-order valence-electron chi connectivity index (χ1n) is 9.55. The van der Waals surface area contributed by atoms with Gasteiger partial charge in [-0.15, -0.1) is 0 Å². The average Bonchev–Trinajstić information content (AvgIpc) is 2.50. The van der Waals surface area contributed by atoms with Gasteiger partial charge in [-0.3, -0.25) is 0 Å². The van der Waals surface area contributed by atoms with Crippen LogP contribution in [0.4, 0.5) is 0 Å². The fourth-order valence-corrected chi connectivity index (χ4v) is 3.54. The van der Waals surface area contributed by atoms with E-state index in [0.29, 0.717) is 5.41 Å². The fourth-order valence-electron chi connectivity index (χ4n) is 3.54. The third kappa shape index (κ3) is 7.65. The molecule has 0 aromatic rings. The molecule has 0 unspecified atom stereocenters. The Bertz CT molecular complexity index is 236. The van der Waals surface area contributed by atoms with E-state index in [1.165, 1.54) is 84.1 Å². The predicted molar refractivity (Wildman–Crippen MR) is 94.9 cm³/mol. The Kier molecular flexibility index (Phi) is 9.59. The number of likely N-dealkylation sites (tertiary alicyclic amines) is 1. The molecule has 1 saturated heterocycles. The van der Waals surface area contributed by atoms with E-state index in [1.807, 2.05) is 0 Å². The Morgan fingerprint density at radius 2 is 1.57 bits per heavy atom. The van der Waals surface area contributed by atoms with Crippen LogP contribution in [0.3, 0.4) is 0 Å². The molecule has 126 valence electrons. The van der Waals surface area contributed by atoms with Crippen molar-refractivity contribution in [1.82, 2.24) is 10.2 Å². The van der Waals surface area contributed by atoms with Crippen LogP contribution in [-0.2, 0) is 0 Å². The molecule has 0 radical (unpaired) electrons. The summed E-state index contributed by atoms with van der Waals surface area (Å²) in [6.45, 7) is 15.7. The molecule has 0 aromatic carbocycles. The van der Waals surface area contributed by atoms with Crippen LogP contribution in [0.2, 0.25) is 0 Å². The number of hydrogen-bond donors (Lipinski definition) is 1. The minimum Gasteiger partial charge on any atom is -0.316 e. The van der Waals surface area contributed by atoms with E-state index in [9.17, 15) is 0 Å². The summed E-state index contributed by atoms with van der Waals surface area (Å²) < 4.78 is 0. The Balaban J connectivity index is 1.95. The van der Waals surface area contributed by atoms with Gasteiger partial charge in [-0.2, -0.15) is 0 Å². The van der Waals surface area contributed by atoms with Gasteiger partial charge in [-0.1, -0.05) is 53.4 Å². The highest BCUT2D eigenvalue weighted by atomic mass is 15.1. The summed E-state index contributed by atoms with van der Waals surface area (Å²) in [5, 5.41) is 3.54. The molecule has 1 heterocycles. The first kappa shape index (κ1) is 19.0. The van der Waals surface area contributed by atoms with Crippen molar-refractivity contribution in [2.45, 2.75) is 79.1 Å². The summed E-state index contributed by atoms with van der Waals surface area (Å²) >= 11 is 0. The van der Waals surface area contributed by atoms with Gasteiger partial charge in [0.2, 0.25) is 0 Å². The minimum absolute atomic E-state index is 0.679. The van der Waals surface area contributed by atoms with E-state index >= 15 is 0 Å². The van der Waals surface area contributed by atoms with Gasteiger partial charge in [0, 0.05) is 0 Å². The van der Waals surface area contributed by atoms with Crippen LogP contribution in [0.25, 0.3) is 0 Å². The maximum Gasteiger partial charge on any atom is -0.00134 e. The zero-order valence-corrected chi connectivity index (χ0v) is 15.2. The van der Waals surface area contributed by atoms with Crippen LogP contribution in [-0.4, -0.2) is 37.6 Å². The second kappa shape index (κ2) is 10.6. The van der Waals surface area contributed by atoms with Gasteiger partial charge < -0.3 is 10.2 Å². The number of hydrogen-bond acceptors (Lipinski definition) is 2. The van der Waals surface area contributed by atoms with Crippen LogP contribution in [0, 0.1) is 11.3 Å². The SMILES string of the molecule is CCC1(CC)CCN(CCCCCCNCC(C)C)CC1. The summed E-state index contributed by atoms with van der Waals surface area (Å²) in [6.07, 6.45) is 11.2. The zero-order valence-electron chi connectivity index (χ0n) is 15.2. The topological polar surface area (TPSA) is 15.3 Å². The van der Waals surface area contributed by atoms with Gasteiger partial charge >= 0.3 is 0 Å². The highest BCUT2D eigenvalue weighted by Gasteiger charge is 2.30. The summed E-state index contributed by atoms with van der Waals surface area (Å²) in [7, 11) is 0. The third-order valence-corrected chi connectivity index (χ3v) is 5.55. The highest BCUT2D eigenvalue weighted by molar-refractivity contribution is 4.83. The number of nitrogens with zero attached hydrogens (tertiary/aromatic N) is 1. The molecule has 1 rings (SSSR count). The lowest BCUT2D eigenvalue weighted by Crippen LogP contribution is -2.39. The molecule has 0 amide bonds. The summed E-state index contributed by atoms with van der Waals surface area (Å²) in [4.78, 5) is 2.71. The highest BCUT2D eigenvalue weighted by Crippen LogP contribution is 2.37. The first-order chi connectivity index (χ1) is 10.1. The summed E-state index contributed by atoms with van der Waals surface area (Å²) in [6, 6.07) is 0. The van der Waals surface area contributed by atoms with Gasteiger partial charge in [-0.05, 0) is 69.7 Å². The molecule has 2 nitrogen and oxygen atoms in total. The van der Waals surface area contributed by atoms with Crippen molar-refractivity contribution in [1.29, 1.82) is 0 Å². The van der Waals surface area contributed by atoms with Crippen molar-refractivity contribution < 1.29 is 0 Å². The van der Waals surface area contributed by atoms with Crippen LogP contribution in [0.1, 0.15) is 79.1 Å². The zero-order chi connectivity index (χ0) is 15.6. The smallest absolute Gasteiger partial charge is 0.00134 e. The van der Waals surface area contributed by atoms with Gasteiger partial charge in [-0.25, -0.2) is 0 Å². The molecule has 1 aliphatic heterocycles. The van der Waals surface area contributed by atoms with Gasteiger partial charge in [0.15, 0.2) is 0 Å². The Hall–Kier alpha value is -0.0800. The number of piperidine rings is 1. The molecule has 21 heavy (non-hydrogen) atoms. The van der Waals surface area contributed by atoms with E-state index in [1.54, 1.807) is 0 Å². The van der Waals surface area contributed by atoms with Crippen molar-refractivity contribution in [2.75, 3.05) is 32.7 Å². The molecule has 1 fully saturated rings. The first-order valence-corrected chi connectivity index (χ1v) is 9.55. The maximum absolute atomic E-state index is 3.54. The van der Waals surface area contributed by atoms with E-state index in [0.717, 1.165) is 5.92 Å². The maximum atomic E-state index is 3.54. The van der Waals surface area contributed by atoms with E-state index < -0.39 is 0 Å². The van der Waals surface area contributed by atoms with Crippen molar-refractivity contribution in [3.8, 4) is 0 Å². The normalized spacial score (nSPS) is 19.3. The lowest BCUT2D eigenvalue weighted by Gasteiger charge is -2.41. The standard InChI is InChI=1S/C19H40N2/c1-5-19(6-2)11-15-21(16-12-19)14-10-8-7-9-13-20-17-18(3)4/h18,20H,5-17H2,1-4H3. The molecular weight excluding hydrogens is 256 g/mol. The van der Waals surface area contributed by atoms with E-state index in [-0.39, 0.29) is 0 Å². The second-order valence-corrected chi connectivity index (χ2v) is 7.56. The van der Waals surface area contributed by atoms with E-state index in [4.69, 9.17) is 0 Å². The van der Waals surface area contributed by atoms with Gasteiger partial charge in [0.1, 0.15) is 0 Å². The lowest BCUT2D eigenvalue weighted by atomic mass is 9.74. The molecule has 1 N–H and O–H groups in total. The molecular formula is C19H40N2. The van der Waals surface area contributed by atoms with Gasteiger partial charge in [0.25, 0.3) is 0 Å². The number of unbranched alkanes of at least 4 members (excludes halogenated alkanes) is 3. The quantitative estimate of drug-likeness (QED) is 0.556. The lowest BCUT2D eigenvalue weighted by molar-refractivity contribution is 0.0942. The summed E-state index contributed by atoms with van der Waals surface area (Å²) in [5.41, 5.74) is 0.679. The van der Waals surface area contributed by atoms with Crippen molar-refractivity contribution in [3.63, 3.8) is 0 Å². The van der Waals surface area contributed by atoms with Gasteiger partial charge in [0.05, 0.1) is 0 Å².